The third kappa shape index (κ3) is 5.00. The summed E-state index contributed by atoms with van der Waals surface area (Å²) in [6.45, 7) is 0. The van der Waals surface area contributed by atoms with Crippen molar-refractivity contribution in [1.29, 1.82) is 5.26 Å². The number of hydrogen-bond acceptors (Lipinski definition) is 8. The highest BCUT2D eigenvalue weighted by molar-refractivity contribution is 6.05. The molecule has 158 valence electrons. The Kier molecular flexibility index (Phi) is 5.94. The van der Waals surface area contributed by atoms with Gasteiger partial charge in [0, 0.05) is 29.8 Å². The van der Waals surface area contributed by atoms with Gasteiger partial charge in [-0.3, -0.25) is 14.7 Å². The fourth-order valence-corrected chi connectivity index (χ4v) is 2.82. The lowest BCUT2D eigenvalue weighted by atomic mass is 10.1. The van der Waals surface area contributed by atoms with Crippen LogP contribution < -0.4 is 10.6 Å². The van der Waals surface area contributed by atoms with Crippen LogP contribution in [0.4, 0.5) is 11.4 Å². The molecule has 11 nitrogen and oxygen atoms in total. The number of carbonyl (C=O) groups excluding carboxylic acids is 2. The van der Waals surface area contributed by atoms with E-state index in [4.69, 9.17) is 9.78 Å². The average molecular weight is 428 g/mol. The third-order valence-electron chi connectivity index (χ3n) is 4.32. The molecular weight excluding hydrogens is 412 g/mol. The lowest BCUT2D eigenvalue weighted by molar-refractivity contribution is -0.116. The molecule has 0 saturated carbocycles. The summed E-state index contributed by atoms with van der Waals surface area (Å²) >= 11 is 0. The number of aryl methyl sites for hydroxylation is 1. The quantitative estimate of drug-likeness (QED) is 0.404. The van der Waals surface area contributed by atoms with Crippen molar-refractivity contribution in [2.75, 3.05) is 10.6 Å². The molecule has 0 fully saturated rings. The van der Waals surface area contributed by atoms with Crippen LogP contribution in [0.1, 0.15) is 28.2 Å². The zero-order valence-electron chi connectivity index (χ0n) is 16.6. The predicted molar refractivity (Wildman–Crippen MR) is 112 cm³/mol. The van der Waals surface area contributed by atoms with Crippen molar-refractivity contribution < 1.29 is 14.1 Å². The van der Waals surface area contributed by atoms with E-state index in [9.17, 15) is 9.59 Å². The van der Waals surface area contributed by atoms with E-state index in [0.29, 0.717) is 34.2 Å². The maximum atomic E-state index is 12.5. The van der Waals surface area contributed by atoms with Crippen molar-refractivity contribution in [3.63, 3.8) is 0 Å². The van der Waals surface area contributed by atoms with Gasteiger partial charge in [-0.1, -0.05) is 17.3 Å². The number of H-pyrrole nitrogens is 1. The molecule has 11 heteroatoms. The maximum absolute atomic E-state index is 12.5. The van der Waals surface area contributed by atoms with Crippen molar-refractivity contribution in [3.05, 3.63) is 71.9 Å². The van der Waals surface area contributed by atoms with Crippen LogP contribution in [-0.4, -0.2) is 37.1 Å². The molecule has 0 bridgehead atoms. The van der Waals surface area contributed by atoms with Gasteiger partial charge in [-0.05, 0) is 36.4 Å². The summed E-state index contributed by atoms with van der Waals surface area (Å²) < 4.78 is 5.11. The van der Waals surface area contributed by atoms with E-state index >= 15 is 0 Å². The predicted octanol–water partition coefficient (Wildman–Crippen LogP) is 2.55. The van der Waals surface area contributed by atoms with Crippen LogP contribution in [0.5, 0.6) is 0 Å². The molecule has 0 aliphatic carbocycles. The maximum Gasteiger partial charge on any atom is 0.255 e. The van der Waals surface area contributed by atoms with Crippen molar-refractivity contribution in [3.8, 4) is 17.7 Å². The SMILES string of the molecule is N#Cc1cccc(NC(=O)c2cccc(NC(=O)CCc3nc(-c4ncn[nH]4)no3)c2)c1. The monoisotopic (exact) mass is 428 g/mol. The van der Waals surface area contributed by atoms with Crippen molar-refractivity contribution in [2.45, 2.75) is 12.8 Å². The molecule has 0 aliphatic heterocycles. The van der Waals surface area contributed by atoms with E-state index in [1.807, 2.05) is 6.07 Å². The molecule has 3 N–H and O–H groups in total. The lowest BCUT2D eigenvalue weighted by Crippen LogP contribution is -2.15. The fraction of sp³-hybridized carbons (Fsp3) is 0.0952. The van der Waals surface area contributed by atoms with Crippen LogP contribution in [0, 0.1) is 11.3 Å². The van der Waals surface area contributed by atoms with E-state index in [-0.39, 0.29) is 30.5 Å². The zero-order chi connectivity index (χ0) is 22.3. The summed E-state index contributed by atoms with van der Waals surface area (Å²) in [5.74, 6) is 0.292. The topological polar surface area (TPSA) is 162 Å². The number of nitrogens with zero attached hydrogens (tertiary/aromatic N) is 5. The number of nitrogens with one attached hydrogen (secondary N) is 3. The number of nitriles is 1. The van der Waals surface area contributed by atoms with Gasteiger partial charge in [-0.2, -0.15) is 15.3 Å². The van der Waals surface area contributed by atoms with Gasteiger partial charge in [0.05, 0.1) is 11.6 Å². The van der Waals surface area contributed by atoms with Crippen LogP contribution in [-0.2, 0) is 11.2 Å². The van der Waals surface area contributed by atoms with E-state index < -0.39 is 0 Å². The van der Waals surface area contributed by atoms with E-state index in [1.165, 1.54) is 6.33 Å². The minimum atomic E-state index is -0.359. The summed E-state index contributed by atoms with van der Waals surface area (Å²) in [4.78, 5) is 32.9. The molecule has 4 aromatic rings. The largest absolute Gasteiger partial charge is 0.339 e. The second-order valence-corrected chi connectivity index (χ2v) is 6.62. The second-order valence-electron chi connectivity index (χ2n) is 6.62. The normalized spacial score (nSPS) is 10.3. The van der Waals surface area contributed by atoms with Gasteiger partial charge in [0.2, 0.25) is 17.6 Å². The number of aromatic amines is 1. The number of rotatable bonds is 7. The Labute approximate surface area is 181 Å². The van der Waals surface area contributed by atoms with E-state index in [1.54, 1.807) is 48.5 Å². The minimum absolute atomic E-state index is 0.107. The van der Waals surface area contributed by atoms with Gasteiger partial charge < -0.3 is 15.2 Å². The first-order valence-electron chi connectivity index (χ1n) is 9.50. The van der Waals surface area contributed by atoms with Crippen molar-refractivity contribution in [2.24, 2.45) is 0 Å². The Morgan fingerprint density at radius 3 is 2.69 bits per heavy atom. The number of benzene rings is 2. The highest BCUT2D eigenvalue weighted by Gasteiger charge is 2.13. The number of aromatic nitrogens is 5. The number of carbonyl (C=O) groups is 2. The van der Waals surface area contributed by atoms with Gasteiger partial charge in [-0.25, -0.2) is 4.98 Å². The Bertz CT molecular complexity index is 1290. The number of amides is 2. The molecule has 0 atom stereocenters. The van der Waals surface area contributed by atoms with E-state index in [2.05, 4.69) is 36.0 Å². The average Bonchev–Trinajstić information content (AvgIpc) is 3.50. The molecule has 32 heavy (non-hydrogen) atoms. The number of anilines is 2. The highest BCUT2D eigenvalue weighted by Crippen LogP contribution is 2.16. The van der Waals surface area contributed by atoms with Crippen molar-refractivity contribution >= 4 is 23.2 Å². The molecule has 0 saturated heterocycles. The summed E-state index contributed by atoms with van der Waals surface area (Å²) in [5, 5.41) is 24.6. The smallest absolute Gasteiger partial charge is 0.255 e. The first-order chi connectivity index (χ1) is 15.6. The van der Waals surface area contributed by atoms with Gasteiger partial charge in [0.1, 0.15) is 6.33 Å². The minimum Gasteiger partial charge on any atom is -0.339 e. The Morgan fingerprint density at radius 2 is 1.91 bits per heavy atom. The molecule has 0 aliphatic rings. The zero-order valence-corrected chi connectivity index (χ0v) is 16.6. The summed E-state index contributed by atoms with van der Waals surface area (Å²) in [5.41, 5.74) is 1.78. The molecule has 2 aromatic heterocycles. The Morgan fingerprint density at radius 1 is 1.09 bits per heavy atom. The third-order valence-corrected chi connectivity index (χ3v) is 4.32. The molecular formula is C21H16N8O3. The Hall–Kier alpha value is -4.85. The first kappa shape index (κ1) is 20.4. The van der Waals surface area contributed by atoms with Crippen molar-refractivity contribution in [1.82, 2.24) is 25.3 Å². The van der Waals surface area contributed by atoms with Crippen LogP contribution in [0.2, 0.25) is 0 Å². The first-order valence-corrected chi connectivity index (χ1v) is 9.50. The van der Waals surface area contributed by atoms with Gasteiger partial charge in [0.15, 0.2) is 5.82 Å². The standard InChI is InChI=1S/C21H16N8O3/c22-11-13-3-1-5-15(9-13)26-21(31)14-4-2-6-16(10-14)25-17(30)7-8-18-27-20(29-32-18)19-23-12-24-28-19/h1-6,9-10,12H,7-8H2,(H,25,30)(H,26,31)(H,23,24,28). The summed E-state index contributed by atoms with van der Waals surface area (Å²) in [7, 11) is 0. The molecule has 0 spiro atoms. The summed E-state index contributed by atoms with van der Waals surface area (Å²) in [6.07, 6.45) is 1.68. The summed E-state index contributed by atoms with van der Waals surface area (Å²) in [6, 6.07) is 15.2. The Balaban J connectivity index is 1.33. The van der Waals surface area contributed by atoms with Crippen LogP contribution >= 0.6 is 0 Å². The highest BCUT2D eigenvalue weighted by atomic mass is 16.5. The van der Waals surface area contributed by atoms with Crippen LogP contribution in [0.3, 0.4) is 0 Å². The van der Waals surface area contributed by atoms with Gasteiger partial charge in [0.25, 0.3) is 5.91 Å². The fourth-order valence-electron chi connectivity index (χ4n) is 2.82. The molecule has 2 amide bonds. The molecule has 2 aromatic carbocycles. The van der Waals surface area contributed by atoms with Gasteiger partial charge >= 0.3 is 0 Å². The van der Waals surface area contributed by atoms with Gasteiger partial charge in [-0.15, -0.1) is 0 Å². The second kappa shape index (κ2) is 9.31. The van der Waals surface area contributed by atoms with Crippen LogP contribution in [0.15, 0.2) is 59.4 Å². The number of hydrogen-bond donors (Lipinski definition) is 3. The van der Waals surface area contributed by atoms with Crippen LogP contribution in [0.25, 0.3) is 11.6 Å². The van der Waals surface area contributed by atoms with E-state index in [0.717, 1.165) is 0 Å². The molecule has 4 rings (SSSR count). The lowest BCUT2D eigenvalue weighted by Gasteiger charge is -2.08. The molecule has 0 radical (unpaired) electrons. The molecule has 0 unspecified atom stereocenters. The molecule has 2 heterocycles.